The molecular weight excluding hydrogens is 262 g/mol. The van der Waals surface area contributed by atoms with Gasteiger partial charge in [0.15, 0.2) is 0 Å². The highest BCUT2D eigenvalue weighted by molar-refractivity contribution is 5.37. The van der Waals surface area contributed by atoms with Gasteiger partial charge in [0.1, 0.15) is 12.4 Å². The Labute approximate surface area is 126 Å². The minimum Gasteiger partial charge on any atom is -0.487 e. The molecule has 0 saturated heterocycles. The Hall–Kier alpha value is -1.81. The summed E-state index contributed by atoms with van der Waals surface area (Å²) in [5, 5.41) is 4.54. The summed E-state index contributed by atoms with van der Waals surface area (Å²) in [6.45, 7) is 9.65. The SMILES string of the molecule is CCc1cc(COc2ccc(C(C)N)cc2C)n(CC)n1. The molecule has 4 nitrogen and oxygen atoms in total. The van der Waals surface area contributed by atoms with Crippen LogP contribution in [-0.4, -0.2) is 9.78 Å². The van der Waals surface area contributed by atoms with Crippen LogP contribution in [0.25, 0.3) is 0 Å². The van der Waals surface area contributed by atoms with Crippen LogP contribution in [0.2, 0.25) is 0 Å². The van der Waals surface area contributed by atoms with Crippen LogP contribution in [0.4, 0.5) is 0 Å². The zero-order valence-corrected chi connectivity index (χ0v) is 13.4. The molecule has 1 heterocycles. The molecule has 114 valence electrons. The van der Waals surface area contributed by atoms with E-state index in [0.717, 1.165) is 41.2 Å². The number of nitrogens with two attached hydrogens (primary N) is 1. The Balaban J connectivity index is 2.11. The van der Waals surface area contributed by atoms with Gasteiger partial charge in [0.2, 0.25) is 0 Å². The topological polar surface area (TPSA) is 53.1 Å². The average Bonchev–Trinajstić information content (AvgIpc) is 2.88. The predicted molar refractivity (Wildman–Crippen MR) is 85.4 cm³/mol. The van der Waals surface area contributed by atoms with Gasteiger partial charge in [-0.15, -0.1) is 0 Å². The third-order valence-corrected chi connectivity index (χ3v) is 3.68. The second-order valence-electron chi connectivity index (χ2n) is 5.40. The molecule has 2 rings (SSSR count). The Bertz CT molecular complexity index is 602. The maximum absolute atomic E-state index is 5.96. The minimum absolute atomic E-state index is 0.0476. The van der Waals surface area contributed by atoms with E-state index in [1.807, 2.05) is 23.7 Å². The zero-order chi connectivity index (χ0) is 15.4. The first-order valence-electron chi connectivity index (χ1n) is 7.59. The second-order valence-corrected chi connectivity index (χ2v) is 5.40. The molecule has 0 aliphatic carbocycles. The standard InChI is InChI=1S/C17H25N3O/c1-5-15-10-16(20(6-2)19-15)11-21-17-8-7-14(13(4)18)9-12(17)3/h7-10,13H,5-6,11,18H2,1-4H3. The summed E-state index contributed by atoms with van der Waals surface area (Å²) >= 11 is 0. The summed E-state index contributed by atoms with van der Waals surface area (Å²) in [5.41, 5.74) is 10.4. The summed E-state index contributed by atoms with van der Waals surface area (Å²) in [4.78, 5) is 0. The molecule has 2 N–H and O–H groups in total. The summed E-state index contributed by atoms with van der Waals surface area (Å²) in [6.07, 6.45) is 0.947. The van der Waals surface area contributed by atoms with Crippen molar-refractivity contribution in [2.24, 2.45) is 5.73 Å². The first-order chi connectivity index (χ1) is 10.0. The molecule has 0 aliphatic rings. The highest BCUT2D eigenvalue weighted by Crippen LogP contribution is 2.23. The number of ether oxygens (including phenoxy) is 1. The molecule has 0 aliphatic heterocycles. The molecule has 21 heavy (non-hydrogen) atoms. The third kappa shape index (κ3) is 3.64. The van der Waals surface area contributed by atoms with E-state index >= 15 is 0 Å². The van der Waals surface area contributed by atoms with Crippen molar-refractivity contribution in [3.63, 3.8) is 0 Å². The summed E-state index contributed by atoms with van der Waals surface area (Å²) in [6, 6.07) is 8.29. The van der Waals surface area contributed by atoms with Gasteiger partial charge in [0.25, 0.3) is 0 Å². The van der Waals surface area contributed by atoms with Gasteiger partial charge >= 0.3 is 0 Å². The van der Waals surface area contributed by atoms with Gasteiger partial charge in [-0.1, -0.05) is 19.1 Å². The van der Waals surface area contributed by atoms with E-state index in [2.05, 4.69) is 38.0 Å². The molecule has 1 aromatic carbocycles. The first kappa shape index (κ1) is 15.6. The van der Waals surface area contributed by atoms with E-state index in [0.29, 0.717) is 6.61 Å². The lowest BCUT2D eigenvalue weighted by Crippen LogP contribution is -2.08. The molecule has 0 saturated carbocycles. The lowest BCUT2D eigenvalue weighted by molar-refractivity contribution is 0.290. The van der Waals surface area contributed by atoms with Crippen LogP contribution in [0.1, 0.15) is 49.3 Å². The monoisotopic (exact) mass is 287 g/mol. The number of aromatic nitrogens is 2. The quantitative estimate of drug-likeness (QED) is 0.886. The fourth-order valence-corrected chi connectivity index (χ4v) is 2.35. The molecule has 1 aromatic heterocycles. The van der Waals surface area contributed by atoms with Crippen molar-refractivity contribution in [2.75, 3.05) is 0 Å². The van der Waals surface area contributed by atoms with Gasteiger partial charge in [0.05, 0.1) is 11.4 Å². The van der Waals surface area contributed by atoms with Gasteiger partial charge in [-0.05, 0) is 50.5 Å². The molecule has 1 atom stereocenters. The number of benzene rings is 1. The van der Waals surface area contributed by atoms with Gasteiger partial charge in [0, 0.05) is 12.6 Å². The highest BCUT2D eigenvalue weighted by atomic mass is 16.5. The lowest BCUT2D eigenvalue weighted by Gasteiger charge is -2.12. The van der Waals surface area contributed by atoms with Crippen LogP contribution < -0.4 is 10.5 Å². The molecule has 2 aromatic rings. The van der Waals surface area contributed by atoms with Crippen molar-refractivity contribution >= 4 is 0 Å². The maximum atomic E-state index is 5.96. The average molecular weight is 287 g/mol. The second kappa shape index (κ2) is 6.76. The summed E-state index contributed by atoms with van der Waals surface area (Å²) < 4.78 is 7.96. The summed E-state index contributed by atoms with van der Waals surface area (Å²) in [7, 11) is 0. The number of nitrogens with zero attached hydrogens (tertiary/aromatic N) is 2. The van der Waals surface area contributed by atoms with Crippen LogP contribution in [0.3, 0.4) is 0 Å². The largest absolute Gasteiger partial charge is 0.487 e. The van der Waals surface area contributed by atoms with Crippen molar-refractivity contribution in [3.8, 4) is 5.75 Å². The Morgan fingerprint density at radius 3 is 2.62 bits per heavy atom. The van der Waals surface area contributed by atoms with E-state index in [1.54, 1.807) is 0 Å². The van der Waals surface area contributed by atoms with Crippen molar-refractivity contribution in [3.05, 3.63) is 46.8 Å². The molecule has 0 spiro atoms. The number of aryl methyl sites for hydroxylation is 3. The van der Waals surface area contributed by atoms with E-state index in [4.69, 9.17) is 10.5 Å². The van der Waals surface area contributed by atoms with E-state index in [9.17, 15) is 0 Å². The zero-order valence-electron chi connectivity index (χ0n) is 13.4. The number of hydrogen-bond donors (Lipinski definition) is 1. The fourth-order valence-electron chi connectivity index (χ4n) is 2.35. The van der Waals surface area contributed by atoms with Crippen molar-refractivity contribution in [1.29, 1.82) is 0 Å². The van der Waals surface area contributed by atoms with Crippen LogP contribution >= 0.6 is 0 Å². The molecule has 0 amide bonds. The van der Waals surface area contributed by atoms with Crippen molar-refractivity contribution in [1.82, 2.24) is 9.78 Å². The van der Waals surface area contributed by atoms with Gasteiger partial charge < -0.3 is 10.5 Å². The Morgan fingerprint density at radius 1 is 1.29 bits per heavy atom. The highest BCUT2D eigenvalue weighted by Gasteiger charge is 2.08. The van der Waals surface area contributed by atoms with Gasteiger partial charge in [-0.3, -0.25) is 4.68 Å². The van der Waals surface area contributed by atoms with Gasteiger partial charge in [-0.25, -0.2) is 0 Å². The minimum atomic E-state index is 0.0476. The smallest absolute Gasteiger partial charge is 0.130 e. The molecule has 0 bridgehead atoms. The van der Waals surface area contributed by atoms with Crippen LogP contribution in [-0.2, 0) is 19.6 Å². The van der Waals surface area contributed by atoms with Crippen molar-refractivity contribution in [2.45, 2.75) is 53.3 Å². The number of rotatable bonds is 6. The first-order valence-corrected chi connectivity index (χ1v) is 7.59. The van der Waals surface area contributed by atoms with E-state index in [-0.39, 0.29) is 6.04 Å². The van der Waals surface area contributed by atoms with E-state index in [1.165, 1.54) is 0 Å². The maximum Gasteiger partial charge on any atom is 0.130 e. The van der Waals surface area contributed by atoms with E-state index < -0.39 is 0 Å². The molecular formula is C17H25N3O. The molecule has 0 fully saturated rings. The molecule has 1 unspecified atom stereocenters. The summed E-state index contributed by atoms with van der Waals surface area (Å²) in [5.74, 6) is 0.904. The third-order valence-electron chi connectivity index (χ3n) is 3.68. The fraction of sp³-hybridized carbons (Fsp3) is 0.471. The Morgan fingerprint density at radius 2 is 2.05 bits per heavy atom. The van der Waals surface area contributed by atoms with Crippen LogP contribution in [0.5, 0.6) is 5.75 Å². The lowest BCUT2D eigenvalue weighted by atomic mass is 10.1. The molecule has 4 heteroatoms. The molecule has 0 radical (unpaired) electrons. The van der Waals surface area contributed by atoms with Gasteiger partial charge in [-0.2, -0.15) is 5.10 Å². The van der Waals surface area contributed by atoms with Crippen molar-refractivity contribution < 1.29 is 4.74 Å². The number of hydrogen-bond acceptors (Lipinski definition) is 3. The van der Waals surface area contributed by atoms with Crippen LogP contribution in [0.15, 0.2) is 24.3 Å². The predicted octanol–water partition coefficient (Wildman–Crippen LogP) is 3.37. The normalized spacial score (nSPS) is 12.4. The Kier molecular flexibility index (Phi) is 5.02. The van der Waals surface area contributed by atoms with Crippen LogP contribution in [0, 0.1) is 6.92 Å².